The third-order valence-electron chi connectivity index (χ3n) is 3.03. The minimum absolute atomic E-state index is 0.0297. The van der Waals surface area contributed by atoms with E-state index in [0.29, 0.717) is 19.6 Å². The van der Waals surface area contributed by atoms with Crippen LogP contribution in [0.15, 0.2) is 24.5 Å². The molecule has 5 heteroatoms. The Morgan fingerprint density at radius 1 is 1.42 bits per heavy atom. The first-order valence-electron chi connectivity index (χ1n) is 6.46. The Kier molecular flexibility index (Phi) is 7.04. The lowest BCUT2D eigenvalue weighted by Crippen LogP contribution is -2.41. The molecule has 0 fully saturated rings. The van der Waals surface area contributed by atoms with Gasteiger partial charge in [0.2, 0.25) is 0 Å². The van der Waals surface area contributed by atoms with Crippen LogP contribution in [0.5, 0.6) is 0 Å². The lowest BCUT2D eigenvalue weighted by atomic mass is 10.00. The Bertz CT molecular complexity index is 388. The monoisotopic (exact) mass is 262 g/mol. The second-order valence-corrected chi connectivity index (χ2v) is 4.52. The molecular weight excluding hydrogens is 240 g/mol. The molecule has 0 radical (unpaired) electrons. The molecule has 5 nitrogen and oxygen atoms in total. The Balaban J connectivity index is 2.88. The maximum atomic E-state index is 8.78. The molecule has 0 spiro atoms. The average Bonchev–Trinajstić information content (AvgIpc) is 2.42. The molecule has 1 aromatic heterocycles. The number of nitriles is 1. The molecule has 1 aromatic rings. The molecule has 0 aliphatic carbocycles. The summed E-state index contributed by atoms with van der Waals surface area (Å²) in [6.45, 7) is 4.05. The second kappa shape index (κ2) is 8.59. The van der Waals surface area contributed by atoms with E-state index in [1.54, 1.807) is 19.5 Å². The molecule has 19 heavy (non-hydrogen) atoms. The van der Waals surface area contributed by atoms with Gasteiger partial charge in [0.05, 0.1) is 12.7 Å². The van der Waals surface area contributed by atoms with E-state index in [2.05, 4.69) is 16.0 Å². The second-order valence-electron chi connectivity index (χ2n) is 4.52. The van der Waals surface area contributed by atoms with Gasteiger partial charge in [0.15, 0.2) is 0 Å². The van der Waals surface area contributed by atoms with Crippen molar-refractivity contribution in [3.05, 3.63) is 30.1 Å². The van der Waals surface area contributed by atoms with Gasteiger partial charge in [0.25, 0.3) is 0 Å². The summed E-state index contributed by atoms with van der Waals surface area (Å²) in [5, 5.41) is 8.78. The van der Waals surface area contributed by atoms with Gasteiger partial charge in [-0.15, -0.1) is 0 Å². The lowest BCUT2D eigenvalue weighted by Gasteiger charge is -2.34. The molecule has 2 N–H and O–H groups in total. The quantitative estimate of drug-likeness (QED) is 0.765. The highest BCUT2D eigenvalue weighted by Crippen LogP contribution is 2.23. The van der Waals surface area contributed by atoms with Crippen LogP contribution in [-0.2, 0) is 4.74 Å². The number of pyridine rings is 1. The van der Waals surface area contributed by atoms with E-state index in [1.165, 1.54) is 0 Å². The number of rotatable bonds is 8. The van der Waals surface area contributed by atoms with Gasteiger partial charge >= 0.3 is 0 Å². The number of nitrogens with two attached hydrogens (primary N) is 1. The Labute approximate surface area is 115 Å². The fourth-order valence-corrected chi connectivity index (χ4v) is 2.20. The number of nitrogens with zero attached hydrogens (tertiary/aromatic N) is 3. The van der Waals surface area contributed by atoms with Gasteiger partial charge in [0.1, 0.15) is 0 Å². The molecule has 0 aliphatic rings. The van der Waals surface area contributed by atoms with Crippen molar-refractivity contribution in [2.75, 3.05) is 26.8 Å². The average molecular weight is 262 g/mol. The summed E-state index contributed by atoms with van der Waals surface area (Å²) in [4.78, 5) is 6.24. The summed E-state index contributed by atoms with van der Waals surface area (Å²) in [5.41, 5.74) is 7.25. The molecule has 2 atom stereocenters. The Morgan fingerprint density at radius 3 is 2.63 bits per heavy atom. The van der Waals surface area contributed by atoms with Crippen LogP contribution in [0.3, 0.4) is 0 Å². The van der Waals surface area contributed by atoms with Crippen LogP contribution in [0.1, 0.15) is 24.9 Å². The Hall–Kier alpha value is -1.48. The molecule has 0 aliphatic heterocycles. The van der Waals surface area contributed by atoms with Crippen molar-refractivity contribution >= 4 is 0 Å². The zero-order valence-corrected chi connectivity index (χ0v) is 11.6. The van der Waals surface area contributed by atoms with Gasteiger partial charge in [-0.05, 0) is 24.6 Å². The maximum absolute atomic E-state index is 8.78. The molecule has 2 unspecified atom stereocenters. The van der Waals surface area contributed by atoms with E-state index < -0.39 is 0 Å². The predicted octanol–water partition coefficient (Wildman–Crippen LogP) is 1.33. The van der Waals surface area contributed by atoms with Gasteiger partial charge in [0, 0.05) is 51.1 Å². The molecule has 1 heterocycles. The molecule has 0 saturated heterocycles. The summed E-state index contributed by atoms with van der Waals surface area (Å²) in [6, 6.07) is 6.17. The summed E-state index contributed by atoms with van der Waals surface area (Å²) >= 11 is 0. The first-order chi connectivity index (χ1) is 9.20. The number of ether oxygens (including phenoxy) is 1. The fourth-order valence-electron chi connectivity index (χ4n) is 2.20. The molecule has 0 bridgehead atoms. The van der Waals surface area contributed by atoms with Gasteiger partial charge < -0.3 is 10.5 Å². The third kappa shape index (κ3) is 4.95. The molecule has 104 valence electrons. The van der Waals surface area contributed by atoms with E-state index in [1.807, 2.05) is 19.1 Å². The number of hydrogen-bond acceptors (Lipinski definition) is 5. The maximum Gasteiger partial charge on any atom is 0.0635 e. The molecule has 0 aromatic carbocycles. The molecular formula is C14H22N4O. The van der Waals surface area contributed by atoms with Gasteiger partial charge in [-0.1, -0.05) is 0 Å². The van der Waals surface area contributed by atoms with Crippen LogP contribution in [-0.4, -0.2) is 42.7 Å². The van der Waals surface area contributed by atoms with Crippen LogP contribution in [0.4, 0.5) is 0 Å². The summed E-state index contributed by atoms with van der Waals surface area (Å²) < 4.78 is 5.14. The number of aromatic nitrogens is 1. The van der Waals surface area contributed by atoms with Crippen molar-refractivity contribution in [2.24, 2.45) is 5.73 Å². The van der Waals surface area contributed by atoms with E-state index in [9.17, 15) is 0 Å². The standard InChI is InChI=1S/C14H22N4O/c1-12(16)14(13-4-7-17-8-5-13)18(9-3-6-15)10-11-19-2/h4-5,7-8,12,14H,3,9-11,16H2,1-2H3. The number of methoxy groups -OCH3 is 1. The third-order valence-corrected chi connectivity index (χ3v) is 3.03. The van der Waals surface area contributed by atoms with E-state index in [-0.39, 0.29) is 12.1 Å². The van der Waals surface area contributed by atoms with Crippen molar-refractivity contribution in [3.8, 4) is 6.07 Å². The van der Waals surface area contributed by atoms with Crippen molar-refractivity contribution in [2.45, 2.75) is 25.4 Å². The summed E-state index contributed by atoms with van der Waals surface area (Å²) in [5.74, 6) is 0. The van der Waals surface area contributed by atoms with Crippen molar-refractivity contribution in [1.29, 1.82) is 5.26 Å². The highest BCUT2D eigenvalue weighted by molar-refractivity contribution is 5.17. The largest absolute Gasteiger partial charge is 0.383 e. The first kappa shape index (κ1) is 15.6. The summed E-state index contributed by atoms with van der Waals surface area (Å²) in [7, 11) is 1.68. The van der Waals surface area contributed by atoms with Crippen LogP contribution >= 0.6 is 0 Å². The highest BCUT2D eigenvalue weighted by atomic mass is 16.5. The van der Waals surface area contributed by atoms with Crippen LogP contribution in [0.2, 0.25) is 0 Å². The van der Waals surface area contributed by atoms with Gasteiger partial charge in [-0.25, -0.2) is 0 Å². The van der Waals surface area contributed by atoms with E-state index in [0.717, 1.165) is 12.1 Å². The highest BCUT2D eigenvalue weighted by Gasteiger charge is 2.23. The van der Waals surface area contributed by atoms with Crippen molar-refractivity contribution < 1.29 is 4.74 Å². The Morgan fingerprint density at radius 2 is 2.11 bits per heavy atom. The number of hydrogen-bond donors (Lipinski definition) is 1. The van der Waals surface area contributed by atoms with Crippen LogP contribution in [0.25, 0.3) is 0 Å². The smallest absolute Gasteiger partial charge is 0.0635 e. The van der Waals surface area contributed by atoms with E-state index in [4.69, 9.17) is 15.7 Å². The van der Waals surface area contributed by atoms with Crippen LogP contribution in [0, 0.1) is 11.3 Å². The zero-order valence-electron chi connectivity index (χ0n) is 11.6. The predicted molar refractivity (Wildman–Crippen MR) is 74.3 cm³/mol. The van der Waals surface area contributed by atoms with Crippen LogP contribution < -0.4 is 5.73 Å². The SMILES string of the molecule is COCCN(CCC#N)C(c1ccncc1)C(C)N. The minimum atomic E-state index is -0.0297. The molecule has 0 amide bonds. The molecule has 1 rings (SSSR count). The van der Waals surface area contributed by atoms with Gasteiger partial charge in [-0.2, -0.15) is 5.26 Å². The fraction of sp³-hybridized carbons (Fsp3) is 0.571. The van der Waals surface area contributed by atoms with E-state index >= 15 is 0 Å². The van der Waals surface area contributed by atoms with Crippen molar-refractivity contribution in [3.63, 3.8) is 0 Å². The zero-order chi connectivity index (χ0) is 14.1. The normalized spacial score (nSPS) is 14.1. The lowest BCUT2D eigenvalue weighted by molar-refractivity contribution is 0.112. The minimum Gasteiger partial charge on any atom is -0.383 e. The summed E-state index contributed by atoms with van der Waals surface area (Å²) in [6.07, 6.45) is 4.02. The van der Waals surface area contributed by atoms with Gasteiger partial charge in [-0.3, -0.25) is 9.88 Å². The van der Waals surface area contributed by atoms with Crippen molar-refractivity contribution in [1.82, 2.24) is 9.88 Å². The molecule has 0 saturated carbocycles. The topological polar surface area (TPSA) is 75.2 Å². The first-order valence-corrected chi connectivity index (χ1v) is 6.46.